The molecule has 1 atom stereocenters. The first kappa shape index (κ1) is 21.6. The molecule has 0 aliphatic carbocycles. The average Bonchev–Trinajstić information content (AvgIpc) is 2.50. The molecule has 0 spiro atoms. The van der Waals surface area contributed by atoms with Gasteiger partial charge in [0.15, 0.2) is 0 Å². The maximum atomic E-state index is 12.6. The van der Waals surface area contributed by atoms with Crippen LogP contribution in [0.1, 0.15) is 46.1 Å². The van der Waals surface area contributed by atoms with Crippen molar-refractivity contribution in [2.45, 2.75) is 51.5 Å². The van der Waals surface area contributed by atoms with Gasteiger partial charge in [0, 0.05) is 6.16 Å². The predicted molar refractivity (Wildman–Crippen MR) is 94.1 cm³/mol. The lowest BCUT2D eigenvalue weighted by atomic mass is 10.0. The van der Waals surface area contributed by atoms with Crippen molar-refractivity contribution in [3.8, 4) is 0 Å². The molecule has 0 heterocycles. The largest absolute Gasteiger partial charge is 0.299 e. The molecule has 0 fully saturated rings. The summed E-state index contributed by atoms with van der Waals surface area (Å²) >= 11 is 6.06. The van der Waals surface area contributed by atoms with E-state index in [1.165, 1.54) is 6.07 Å². The summed E-state index contributed by atoms with van der Waals surface area (Å²) in [6, 6.07) is 4.82. The highest BCUT2D eigenvalue weighted by Crippen LogP contribution is 2.48. The summed E-state index contributed by atoms with van der Waals surface area (Å²) in [6.07, 6.45) is -0.839. The summed E-state index contributed by atoms with van der Waals surface area (Å²) in [7, 11) is -7.58. The monoisotopic (exact) mass is 398 g/mol. The number of hydrogen-bond donors (Lipinski definition) is 0. The van der Waals surface area contributed by atoms with Crippen molar-refractivity contribution in [1.29, 1.82) is 0 Å². The van der Waals surface area contributed by atoms with Crippen LogP contribution in [0.25, 0.3) is 0 Å². The highest BCUT2D eigenvalue weighted by molar-refractivity contribution is 7.87. The molecule has 1 aromatic carbocycles. The lowest BCUT2D eigenvalue weighted by Crippen LogP contribution is -2.14. The second-order valence-electron chi connectivity index (χ2n) is 5.86. The van der Waals surface area contributed by atoms with Crippen LogP contribution in [-0.2, 0) is 28.4 Å². The molecule has 0 aromatic heterocycles. The van der Waals surface area contributed by atoms with E-state index in [2.05, 4.69) is 0 Å². The number of halogens is 1. The third-order valence-electron chi connectivity index (χ3n) is 3.13. The Hall–Kier alpha value is -0.430. The maximum Gasteiger partial charge on any atom is 0.299 e. The molecule has 0 saturated heterocycles. The summed E-state index contributed by atoms with van der Waals surface area (Å²) in [5.41, 5.74) is 0.535. The maximum absolute atomic E-state index is 12.6. The fourth-order valence-corrected chi connectivity index (χ4v) is 5.12. The minimum atomic E-state index is -4.19. The molecular formula is C15H24ClO6PS. The first-order chi connectivity index (χ1) is 11.0. The zero-order valence-corrected chi connectivity index (χ0v) is 17.0. The normalized spacial score (nSPS) is 15.0. The fraction of sp³-hybridized carbons (Fsp3) is 0.600. The van der Waals surface area contributed by atoms with E-state index in [9.17, 15) is 13.0 Å². The fourth-order valence-electron chi connectivity index (χ4n) is 1.78. The lowest BCUT2D eigenvalue weighted by Gasteiger charge is -2.18. The van der Waals surface area contributed by atoms with E-state index >= 15 is 0 Å². The van der Waals surface area contributed by atoms with Gasteiger partial charge >= 0.3 is 0 Å². The molecule has 1 aromatic rings. The van der Waals surface area contributed by atoms with Crippen molar-refractivity contribution in [2.75, 3.05) is 12.5 Å². The Morgan fingerprint density at radius 1 is 1.21 bits per heavy atom. The van der Waals surface area contributed by atoms with Gasteiger partial charge < -0.3 is 0 Å². The molecule has 6 nitrogen and oxygen atoms in total. The molecule has 0 bridgehead atoms. The Bertz CT molecular complexity index is 702. The minimum absolute atomic E-state index is 0.0619. The Kier molecular flexibility index (Phi) is 7.91. The summed E-state index contributed by atoms with van der Waals surface area (Å²) in [5, 5.41) is 0.0619. The van der Waals surface area contributed by atoms with E-state index in [1.807, 2.05) is 13.8 Å². The highest BCUT2D eigenvalue weighted by atomic mass is 35.5. The van der Waals surface area contributed by atoms with Crippen LogP contribution in [0, 0.1) is 0 Å². The molecule has 9 heteroatoms. The topological polar surface area (TPSA) is 78.9 Å². The van der Waals surface area contributed by atoms with Crippen LogP contribution in [0.4, 0.5) is 0 Å². The Morgan fingerprint density at radius 3 is 2.33 bits per heavy atom. The van der Waals surface area contributed by atoms with Crippen LogP contribution < -0.4 is 0 Å². The molecule has 0 aliphatic rings. The van der Waals surface area contributed by atoms with E-state index < -0.39 is 23.8 Å². The first-order valence-corrected chi connectivity index (χ1v) is 11.4. The van der Waals surface area contributed by atoms with Crippen LogP contribution >= 0.6 is 19.0 Å². The van der Waals surface area contributed by atoms with Crippen LogP contribution in [-0.4, -0.2) is 27.0 Å². The SMILES string of the molecule is CCP(=O)(COS(=O)(=O)c1c(Cl)cccc1C(C)C)OOC(C)C. The highest BCUT2D eigenvalue weighted by Gasteiger charge is 2.30. The minimum Gasteiger partial charge on any atom is -0.288 e. The molecule has 24 heavy (non-hydrogen) atoms. The van der Waals surface area contributed by atoms with Gasteiger partial charge in [-0.05, 0) is 31.4 Å². The standard InChI is InChI=1S/C15H24ClO6PS/c1-6-23(17,22-21-12(4)5)10-20-24(18,19)15-13(11(2)3)8-7-9-14(15)16/h7-9,11-12H,6,10H2,1-5H3. The predicted octanol–water partition coefficient (Wildman–Crippen LogP) is 4.78. The van der Waals surface area contributed by atoms with Crippen LogP contribution in [0.5, 0.6) is 0 Å². The van der Waals surface area contributed by atoms with Crippen molar-refractivity contribution in [3.63, 3.8) is 0 Å². The smallest absolute Gasteiger partial charge is 0.288 e. The zero-order chi connectivity index (χ0) is 18.5. The number of hydrogen-bond acceptors (Lipinski definition) is 6. The number of rotatable bonds is 9. The quantitative estimate of drug-likeness (QED) is 0.258. The lowest BCUT2D eigenvalue weighted by molar-refractivity contribution is -0.234. The van der Waals surface area contributed by atoms with Gasteiger partial charge in [0.05, 0.1) is 11.1 Å². The van der Waals surface area contributed by atoms with Gasteiger partial charge in [-0.1, -0.05) is 44.5 Å². The molecule has 1 unspecified atom stereocenters. The Morgan fingerprint density at radius 2 is 1.83 bits per heavy atom. The third-order valence-corrected chi connectivity index (χ3v) is 6.96. The molecular weight excluding hydrogens is 375 g/mol. The van der Waals surface area contributed by atoms with E-state index in [-0.39, 0.29) is 28.1 Å². The van der Waals surface area contributed by atoms with E-state index in [0.717, 1.165) is 0 Å². The van der Waals surface area contributed by atoms with Gasteiger partial charge in [0.1, 0.15) is 11.2 Å². The van der Waals surface area contributed by atoms with Crippen LogP contribution in [0.15, 0.2) is 23.1 Å². The zero-order valence-electron chi connectivity index (χ0n) is 14.5. The van der Waals surface area contributed by atoms with Crippen LogP contribution in [0.3, 0.4) is 0 Å². The Balaban J connectivity index is 3.05. The number of benzene rings is 1. The summed E-state index contributed by atoms with van der Waals surface area (Å²) in [4.78, 5) is 4.79. The Labute approximate surface area is 148 Å². The van der Waals surface area contributed by atoms with E-state index in [4.69, 9.17) is 25.3 Å². The van der Waals surface area contributed by atoms with E-state index in [0.29, 0.717) is 5.56 Å². The van der Waals surface area contributed by atoms with Crippen molar-refractivity contribution in [1.82, 2.24) is 0 Å². The molecule has 0 amide bonds. The van der Waals surface area contributed by atoms with Crippen molar-refractivity contribution in [3.05, 3.63) is 28.8 Å². The van der Waals surface area contributed by atoms with Crippen molar-refractivity contribution >= 4 is 29.1 Å². The molecule has 0 N–H and O–H groups in total. The van der Waals surface area contributed by atoms with E-state index in [1.54, 1.807) is 32.9 Å². The first-order valence-electron chi connectivity index (χ1n) is 7.63. The molecule has 138 valence electrons. The molecule has 1 rings (SSSR count). The van der Waals surface area contributed by atoms with Gasteiger partial charge in [0.25, 0.3) is 17.5 Å². The second kappa shape index (κ2) is 8.79. The second-order valence-corrected chi connectivity index (χ2v) is 10.5. The molecule has 0 saturated carbocycles. The summed E-state index contributed by atoms with van der Waals surface area (Å²) < 4.78 is 47.5. The van der Waals surface area contributed by atoms with Gasteiger partial charge in [0.2, 0.25) is 0 Å². The average molecular weight is 399 g/mol. The summed E-state index contributed by atoms with van der Waals surface area (Å²) in [6.45, 7) is 8.71. The third kappa shape index (κ3) is 5.83. The van der Waals surface area contributed by atoms with Crippen molar-refractivity contribution in [2.24, 2.45) is 0 Å². The van der Waals surface area contributed by atoms with Crippen LogP contribution in [0.2, 0.25) is 5.02 Å². The van der Waals surface area contributed by atoms with Crippen molar-refractivity contribution < 1.29 is 26.7 Å². The van der Waals surface area contributed by atoms with Gasteiger partial charge in [-0.2, -0.15) is 13.1 Å². The van der Waals surface area contributed by atoms with Gasteiger partial charge in [-0.3, -0.25) is 8.75 Å². The molecule has 0 radical (unpaired) electrons. The summed E-state index contributed by atoms with van der Waals surface area (Å²) in [5.74, 6) is -0.0735. The molecule has 0 aliphatic heterocycles. The van der Waals surface area contributed by atoms with Gasteiger partial charge in [-0.15, -0.1) is 0 Å². The van der Waals surface area contributed by atoms with Gasteiger partial charge in [-0.25, -0.2) is 4.89 Å².